The number of aryl methyl sites for hydroxylation is 2. The molecule has 5 nitrogen and oxygen atoms in total. The Labute approximate surface area is 136 Å². The third-order valence-electron chi connectivity index (χ3n) is 4.56. The van der Waals surface area contributed by atoms with Crippen LogP contribution in [0.3, 0.4) is 0 Å². The fraction of sp³-hybridized carbons (Fsp3) is 0.500. The van der Waals surface area contributed by atoms with E-state index in [0.29, 0.717) is 17.8 Å². The molecule has 5 heteroatoms. The quantitative estimate of drug-likeness (QED) is 0.794. The molecule has 1 aromatic carbocycles. The molecule has 0 radical (unpaired) electrons. The van der Waals surface area contributed by atoms with E-state index in [-0.39, 0.29) is 5.78 Å². The largest absolute Gasteiger partial charge is 0.493 e. The number of methoxy groups -OCH3 is 1. The molecule has 1 aliphatic heterocycles. The summed E-state index contributed by atoms with van der Waals surface area (Å²) in [4.78, 5) is 15.0. The number of hydrogen-bond donors (Lipinski definition) is 0. The summed E-state index contributed by atoms with van der Waals surface area (Å²) in [5.41, 5.74) is 2.40. The van der Waals surface area contributed by atoms with Crippen LogP contribution in [0.25, 0.3) is 11.0 Å². The Hall–Kier alpha value is -1.85. The average molecular weight is 317 g/mol. The zero-order valence-electron chi connectivity index (χ0n) is 14.0. The zero-order chi connectivity index (χ0) is 16.4. The number of furan rings is 1. The highest BCUT2D eigenvalue weighted by molar-refractivity contribution is 6.09. The smallest absolute Gasteiger partial charge is 0.177 e. The minimum Gasteiger partial charge on any atom is -0.493 e. The number of morpholine rings is 1. The number of nitrogens with zero attached hydrogens (tertiary/aromatic N) is 1. The van der Waals surface area contributed by atoms with E-state index in [1.165, 1.54) is 0 Å². The van der Waals surface area contributed by atoms with Gasteiger partial charge >= 0.3 is 0 Å². The van der Waals surface area contributed by atoms with Crippen molar-refractivity contribution in [2.24, 2.45) is 0 Å². The Kier molecular flexibility index (Phi) is 4.68. The zero-order valence-corrected chi connectivity index (χ0v) is 14.0. The Balaban J connectivity index is 1.85. The van der Waals surface area contributed by atoms with Crippen LogP contribution in [0.4, 0.5) is 0 Å². The molecule has 0 saturated carbocycles. The van der Waals surface area contributed by atoms with E-state index in [0.717, 1.165) is 55.1 Å². The maximum atomic E-state index is 12.7. The fourth-order valence-corrected chi connectivity index (χ4v) is 3.06. The third-order valence-corrected chi connectivity index (χ3v) is 4.56. The topological polar surface area (TPSA) is 51.9 Å². The molecule has 0 N–H and O–H groups in total. The second-order valence-corrected chi connectivity index (χ2v) is 5.93. The lowest BCUT2D eigenvalue weighted by Crippen LogP contribution is -2.37. The van der Waals surface area contributed by atoms with Crippen molar-refractivity contribution in [1.29, 1.82) is 0 Å². The molecule has 0 bridgehead atoms. The van der Waals surface area contributed by atoms with Gasteiger partial charge in [0.15, 0.2) is 17.1 Å². The van der Waals surface area contributed by atoms with Crippen molar-refractivity contribution >= 4 is 16.8 Å². The first-order valence-corrected chi connectivity index (χ1v) is 8.02. The monoisotopic (exact) mass is 317 g/mol. The van der Waals surface area contributed by atoms with Crippen LogP contribution in [-0.4, -0.2) is 50.6 Å². The second-order valence-electron chi connectivity index (χ2n) is 5.93. The van der Waals surface area contributed by atoms with E-state index in [1.807, 2.05) is 26.0 Å². The average Bonchev–Trinajstić information content (AvgIpc) is 2.88. The first-order valence-electron chi connectivity index (χ1n) is 8.02. The number of hydrogen-bond acceptors (Lipinski definition) is 5. The van der Waals surface area contributed by atoms with Crippen molar-refractivity contribution in [3.8, 4) is 5.75 Å². The molecule has 2 aromatic rings. The van der Waals surface area contributed by atoms with Crippen molar-refractivity contribution in [1.82, 2.24) is 4.90 Å². The minimum atomic E-state index is 0.146. The molecule has 0 spiro atoms. The van der Waals surface area contributed by atoms with Crippen LogP contribution in [0.5, 0.6) is 5.75 Å². The fourth-order valence-electron chi connectivity index (χ4n) is 3.06. The number of Topliss-reactive ketones (excluding diaryl/α,β-unsaturated/α-hetero) is 1. The van der Waals surface area contributed by atoms with Gasteiger partial charge in [-0.15, -0.1) is 0 Å². The normalized spacial score (nSPS) is 16.0. The molecular weight excluding hydrogens is 294 g/mol. The second kappa shape index (κ2) is 6.72. The predicted octanol–water partition coefficient (Wildman–Crippen LogP) is 2.96. The summed E-state index contributed by atoms with van der Waals surface area (Å²) < 4.78 is 16.5. The van der Waals surface area contributed by atoms with Gasteiger partial charge < -0.3 is 13.9 Å². The predicted molar refractivity (Wildman–Crippen MR) is 88.4 cm³/mol. The molecule has 2 heterocycles. The van der Waals surface area contributed by atoms with E-state index >= 15 is 0 Å². The Morgan fingerprint density at radius 1 is 1.26 bits per heavy atom. The van der Waals surface area contributed by atoms with Crippen molar-refractivity contribution in [3.05, 3.63) is 29.0 Å². The summed E-state index contributed by atoms with van der Waals surface area (Å²) in [7, 11) is 1.61. The maximum Gasteiger partial charge on any atom is 0.177 e. The number of benzene rings is 1. The standard InChI is InChI=1S/C18H23NO4/c1-12-13(2)23-18-16(21-3)5-4-14(17(12)18)15(20)6-7-19-8-10-22-11-9-19/h4-5H,6-11H2,1-3H3. The van der Waals surface area contributed by atoms with Gasteiger partial charge in [0.05, 0.1) is 20.3 Å². The lowest BCUT2D eigenvalue weighted by atomic mass is 10.00. The van der Waals surface area contributed by atoms with Crippen LogP contribution in [0.1, 0.15) is 28.1 Å². The van der Waals surface area contributed by atoms with E-state index in [2.05, 4.69) is 4.90 Å². The van der Waals surface area contributed by atoms with Gasteiger partial charge in [-0.05, 0) is 31.5 Å². The van der Waals surface area contributed by atoms with Crippen LogP contribution < -0.4 is 4.74 Å². The lowest BCUT2D eigenvalue weighted by Gasteiger charge is -2.26. The molecule has 124 valence electrons. The van der Waals surface area contributed by atoms with Gasteiger partial charge in [0.2, 0.25) is 0 Å². The van der Waals surface area contributed by atoms with Crippen LogP contribution in [0.2, 0.25) is 0 Å². The van der Waals surface area contributed by atoms with Gasteiger partial charge in [0.1, 0.15) is 5.76 Å². The van der Waals surface area contributed by atoms with Crippen molar-refractivity contribution in [3.63, 3.8) is 0 Å². The first-order chi connectivity index (χ1) is 11.1. The molecule has 3 rings (SSSR count). The van der Waals surface area contributed by atoms with Crippen LogP contribution in [0, 0.1) is 13.8 Å². The number of ketones is 1. The Morgan fingerprint density at radius 2 is 2.00 bits per heavy atom. The van der Waals surface area contributed by atoms with Gasteiger partial charge in [-0.1, -0.05) is 0 Å². The van der Waals surface area contributed by atoms with Gasteiger partial charge in [-0.3, -0.25) is 9.69 Å². The first kappa shape index (κ1) is 16.0. The maximum absolute atomic E-state index is 12.7. The lowest BCUT2D eigenvalue weighted by molar-refractivity contribution is 0.0370. The van der Waals surface area contributed by atoms with E-state index < -0.39 is 0 Å². The SMILES string of the molecule is COc1ccc(C(=O)CCN2CCOCC2)c2c(C)c(C)oc12. The molecule has 0 amide bonds. The molecular formula is C18H23NO4. The number of ether oxygens (including phenoxy) is 2. The minimum absolute atomic E-state index is 0.146. The molecule has 1 aromatic heterocycles. The summed E-state index contributed by atoms with van der Waals surface area (Å²) in [5, 5.41) is 0.883. The van der Waals surface area contributed by atoms with E-state index in [4.69, 9.17) is 13.9 Å². The Bertz CT molecular complexity index is 713. The van der Waals surface area contributed by atoms with Crippen molar-refractivity contribution < 1.29 is 18.7 Å². The van der Waals surface area contributed by atoms with Gasteiger partial charge in [0, 0.05) is 37.0 Å². The molecule has 0 atom stereocenters. The Morgan fingerprint density at radius 3 is 2.70 bits per heavy atom. The van der Waals surface area contributed by atoms with Crippen LogP contribution in [-0.2, 0) is 4.74 Å². The van der Waals surface area contributed by atoms with E-state index in [9.17, 15) is 4.79 Å². The van der Waals surface area contributed by atoms with Gasteiger partial charge in [0.25, 0.3) is 0 Å². The number of rotatable bonds is 5. The summed E-state index contributed by atoms with van der Waals surface area (Å²) in [6.45, 7) is 7.97. The molecule has 1 saturated heterocycles. The summed E-state index contributed by atoms with van der Waals surface area (Å²) >= 11 is 0. The highest BCUT2D eigenvalue weighted by atomic mass is 16.5. The number of carbonyl (C=O) groups is 1. The molecule has 1 aliphatic rings. The van der Waals surface area contributed by atoms with Crippen LogP contribution >= 0.6 is 0 Å². The van der Waals surface area contributed by atoms with Gasteiger partial charge in [-0.25, -0.2) is 0 Å². The molecule has 0 unspecified atom stereocenters. The molecule has 23 heavy (non-hydrogen) atoms. The number of carbonyl (C=O) groups excluding carboxylic acids is 1. The third kappa shape index (κ3) is 3.12. The summed E-state index contributed by atoms with van der Waals surface area (Å²) in [6.07, 6.45) is 0.505. The van der Waals surface area contributed by atoms with E-state index in [1.54, 1.807) is 7.11 Å². The van der Waals surface area contributed by atoms with Crippen LogP contribution in [0.15, 0.2) is 16.5 Å². The van der Waals surface area contributed by atoms with Crippen molar-refractivity contribution in [2.45, 2.75) is 20.3 Å². The van der Waals surface area contributed by atoms with Crippen molar-refractivity contribution in [2.75, 3.05) is 40.0 Å². The summed E-state index contributed by atoms with van der Waals surface area (Å²) in [6, 6.07) is 3.66. The molecule has 1 fully saturated rings. The van der Waals surface area contributed by atoms with Gasteiger partial charge in [-0.2, -0.15) is 0 Å². The molecule has 0 aliphatic carbocycles. The highest BCUT2D eigenvalue weighted by Crippen LogP contribution is 2.35. The summed E-state index contributed by atoms with van der Waals surface area (Å²) in [5.74, 6) is 1.64. The highest BCUT2D eigenvalue weighted by Gasteiger charge is 2.20. The number of fused-ring (bicyclic) bond motifs is 1.